The van der Waals surface area contributed by atoms with E-state index in [-0.39, 0.29) is 29.9 Å². The number of fused-ring (bicyclic) bond motifs is 1. The van der Waals surface area contributed by atoms with Crippen molar-refractivity contribution in [3.63, 3.8) is 0 Å². The van der Waals surface area contributed by atoms with Crippen LogP contribution in [0.25, 0.3) is 11.0 Å². The quantitative estimate of drug-likeness (QED) is 0.860. The molecule has 1 aliphatic heterocycles. The Hall–Kier alpha value is -1.83. The first kappa shape index (κ1) is 18.5. The lowest BCUT2D eigenvalue weighted by molar-refractivity contribution is -0.119. The first-order valence-corrected chi connectivity index (χ1v) is 7.78. The number of hydrogen-bond donors (Lipinski definition) is 2. The summed E-state index contributed by atoms with van der Waals surface area (Å²) in [6, 6.07) is 4.86. The number of amides is 1. The van der Waals surface area contributed by atoms with Crippen LogP contribution in [0.3, 0.4) is 0 Å². The first-order valence-electron chi connectivity index (χ1n) is 7.78. The molecule has 24 heavy (non-hydrogen) atoms. The molecule has 1 aliphatic rings. The van der Waals surface area contributed by atoms with Gasteiger partial charge in [-0.3, -0.25) is 13.9 Å². The average Bonchev–Trinajstić information content (AvgIpc) is 2.79. The molecule has 3 N–H and O–H groups in total. The van der Waals surface area contributed by atoms with Crippen molar-refractivity contribution in [2.75, 3.05) is 18.5 Å². The monoisotopic (exact) mass is 354 g/mol. The van der Waals surface area contributed by atoms with Crippen molar-refractivity contribution in [1.29, 1.82) is 0 Å². The van der Waals surface area contributed by atoms with Gasteiger partial charge in [-0.1, -0.05) is 0 Å². The van der Waals surface area contributed by atoms with E-state index in [9.17, 15) is 9.59 Å². The lowest BCUT2D eigenvalue weighted by Gasteiger charge is -2.26. The van der Waals surface area contributed by atoms with Crippen molar-refractivity contribution in [1.82, 2.24) is 9.13 Å². The van der Waals surface area contributed by atoms with Crippen LogP contribution in [0.4, 0.5) is 5.69 Å². The van der Waals surface area contributed by atoms with Gasteiger partial charge in [-0.05, 0) is 37.0 Å². The van der Waals surface area contributed by atoms with Crippen molar-refractivity contribution in [3.05, 3.63) is 28.7 Å². The van der Waals surface area contributed by atoms with Crippen molar-refractivity contribution in [2.24, 2.45) is 25.7 Å². The molecule has 132 valence electrons. The van der Waals surface area contributed by atoms with Crippen molar-refractivity contribution < 1.29 is 9.53 Å². The number of imidazole rings is 1. The fraction of sp³-hybridized carbons (Fsp3) is 0.500. The highest BCUT2D eigenvalue weighted by atomic mass is 35.5. The number of carbonyl (C=O) groups is 1. The molecule has 1 aromatic carbocycles. The Balaban J connectivity index is 0.00000208. The molecule has 2 heterocycles. The van der Waals surface area contributed by atoms with Gasteiger partial charge in [0, 0.05) is 33.0 Å². The summed E-state index contributed by atoms with van der Waals surface area (Å²) in [6.45, 7) is 1.31. The van der Waals surface area contributed by atoms with Gasteiger partial charge in [0.25, 0.3) is 0 Å². The Bertz CT molecular complexity index is 792. The first-order chi connectivity index (χ1) is 11.0. The predicted octanol–water partition coefficient (Wildman–Crippen LogP) is 0.991. The molecule has 2 aromatic rings. The second-order valence-corrected chi connectivity index (χ2v) is 6.07. The number of hydrogen-bond acceptors (Lipinski definition) is 4. The standard InChI is InChI=1S/C16H22N4O3.ClH/c1-19-12-4-3-11(9-13(12)20(2)16(19)22)18-15(21)14(17)10-5-7-23-8-6-10;/h3-4,9-10,14H,5-8,17H2,1-2H3,(H,18,21);1H. The Kier molecular flexibility index (Phi) is 5.69. The molecule has 0 radical (unpaired) electrons. The highest BCUT2D eigenvalue weighted by Crippen LogP contribution is 2.21. The molecule has 1 saturated heterocycles. The molecule has 0 saturated carbocycles. The van der Waals surface area contributed by atoms with Crippen LogP contribution in [-0.4, -0.2) is 34.3 Å². The zero-order chi connectivity index (χ0) is 16.6. The number of rotatable bonds is 3. The van der Waals surface area contributed by atoms with Crippen LogP contribution in [-0.2, 0) is 23.6 Å². The molecule has 1 fully saturated rings. The second kappa shape index (κ2) is 7.38. The summed E-state index contributed by atoms with van der Waals surface area (Å²) in [5.41, 5.74) is 8.23. The summed E-state index contributed by atoms with van der Waals surface area (Å²) >= 11 is 0. The van der Waals surface area contributed by atoms with E-state index >= 15 is 0 Å². The maximum atomic E-state index is 12.4. The van der Waals surface area contributed by atoms with Gasteiger partial charge >= 0.3 is 5.69 Å². The zero-order valence-electron chi connectivity index (χ0n) is 13.8. The van der Waals surface area contributed by atoms with Crippen LogP contribution >= 0.6 is 12.4 Å². The van der Waals surface area contributed by atoms with E-state index in [0.29, 0.717) is 18.9 Å². The van der Waals surface area contributed by atoms with E-state index in [2.05, 4.69) is 5.32 Å². The fourth-order valence-electron chi connectivity index (χ4n) is 3.10. The van der Waals surface area contributed by atoms with Crippen LogP contribution in [0.1, 0.15) is 12.8 Å². The molecule has 1 amide bonds. The van der Waals surface area contributed by atoms with E-state index in [1.807, 2.05) is 6.07 Å². The SMILES string of the molecule is Cl.Cn1c(=O)n(C)c2cc(NC(=O)C(N)C3CCOCC3)ccc21. The van der Waals surface area contributed by atoms with E-state index in [4.69, 9.17) is 10.5 Å². The van der Waals surface area contributed by atoms with E-state index < -0.39 is 6.04 Å². The van der Waals surface area contributed by atoms with Gasteiger partial charge in [0.15, 0.2) is 0 Å². The van der Waals surface area contributed by atoms with Gasteiger partial charge in [-0.25, -0.2) is 4.79 Å². The number of anilines is 1. The highest BCUT2D eigenvalue weighted by Gasteiger charge is 2.26. The van der Waals surface area contributed by atoms with Crippen LogP contribution < -0.4 is 16.7 Å². The number of carbonyl (C=O) groups excluding carboxylic acids is 1. The Morgan fingerprint density at radius 2 is 1.88 bits per heavy atom. The minimum atomic E-state index is -0.547. The number of benzene rings is 1. The topological polar surface area (TPSA) is 91.3 Å². The van der Waals surface area contributed by atoms with Crippen LogP contribution in [0.2, 0.25) is 0 Å². The van der Waals surface area contributed by atoms with Crippen molar-refractivity contribution >= 4 is 35.0 Å². The maximum Gasteiger partial charge on any atom is 0.328 e. The third-order valence-corrected chi connectivity index (χ3v) is 4.62. The average molecular weight is 355 g/mol. The molecule has 3 rings (SSSR count). The molecule has 1 aromatic heterocycles. The molecular weight excluding hydrogens is 332 g/mol. The van der Waals surface area contributed by atoms with Crippen molar-refractivity contribution in [3.8, 4) is 0 Å². The normalized spacial score (nSPS) is 16.6. The number of aryl methyl sites for hydroxylation is 2. The van der Waals surface area contributed by atoms with E-state index in [0.717, 1.165) is 23.9 Å². The van der Waals surface area contributed by atoms with Crippen molar-refractivity contribution in [2.45, 2.75) is 18.9 Å². The van der Waals surface area contributed by atoms with Gasteiger partial charge in [-0.2, -0.15) is 0 Å². The van der Waals surface area contributed by atoms with Gasteiger partial charge < -0.3 is 15.8 Å². The number of nitrogens with two attached hydrogens (primary N) is 1. The Morgan fingerprint density at radius 3 is 2.54 bits per heavy atom. The van der Waals surface area contributed by atoms with Crippen LogP contribution in [0, 0.1) is 5.92 Å². The minimum absolute atomic E-state index is 0. The van der Waals surface area contributed by atoms with Crippen LogP contribution in [0.15, 0.2) is 23.0 Å². The highest BCUT2D eigenvalue weighted by molar-refractivity contribution is 5.96. The molecular formula is C16H23ClN4O3. The minimum Gasteiger partial charge on any atom is -0.381 e. The Morgan fingerprint density at radius 1 is 1.25 bits per heavy atom. The van der Waals surface area contributed by atoms with Gasteiger partial charge in [0.05, 0.1) is 17.1 Å². The molecule has 0 bridgehead atoms. The smallest absolute Gasteiger partial charge is 0.328 e. The number of aromatic nitrogens is 2. The van der Waals surface area contributed by atoms with Gasteiger partial charge in [0.1, 0.15) is 0 Å². The number of nitrogens with zero attached hydrogens (tertiary/aromatic N) is 2. The fourth-order valence-corrected chi connectivity index (χ4v) is 3.10. The van der Waals surface area contributed by atoms with E-state index in [1.165, 1.54) is 0 Å². The molecule has 8 heteroatoms. The number of halogens is 1. The molecule has 0 aliphatic carbocycles. The predicted molar refractivity (Wildman–Crippen MR) is 95.6 cm³/mol. The summed E-state index contributed by atoms with van der Waals surface area (Å²) < 4.78 is 8.44. The Labute approximate surface area is 146 Å². The van der Waals surface area contributed by atoms with Crippen LogP contribution in [0.5, 0.6) is 0 Å². The third-order valence-electron chi connectivity index (χ3n) is 4.62. The van der Waals surface area contributed by atoms with Gasteiger partial charge in [-0.15, -0.1) is 12.4 Å². The third kappa shape index (κ3) is 3.33. The maximum absolute atomic E-state index is 12.4. The van der Waals surface area contributed by atoms with E-state index in [1.54, 1.807) is 35.4 Å². The molecule has 7 nitrogen and oxygen atoms in total. The summed E-state index contributed by atoms with van der Waals surface area (Å²) in [5.74, 6) is -0.0502. The number of ether oxygens (including phenoxy) is 1. The molecule has 0 spiro atoms. The lowest BCUT2D eigenvalue weighted by Crippen LogP contribution is -2.44. The summed E-state index contributed by atoms with van der Waals surface area (Å²) in [5, 5.41) is 2.86. The largest absolute Gasteiger partial charge is 0.381 e. The summed E-state index contributed by atoms with van der Waals surface area (Å²) in [6.07, 6.45) is 1.61. The number of nitrogens with one attached hydrogen (secondary N) is 1. The molecule has 1 atom stereocenters. The molecule has 1 unspecified atom stereocenters. The van der Waals surface area contributed by atoms with Gasteiger partial charge in [0.2, 0.25) is 5.91 Å². The summed E-state index contributed by atoms with van der Waals surface area (Å²) in [7, 11) is 3.44. The zero-order valence-corrected chi connectivity index (χ0v) is 14.6. The summed E-state index contributed by atoms with van der Waals surface area (Å²) in [4.78, 5) is 24.3. The second-order valence-electron chi connectivity index (χ2n) is 6.07. The lowest BCUT2D eigenvalue weighted by atomic mass is 9.92.